The summed E-state index contributed by atoms with van der Waals surface area (Å²) in [5.41, 5.74) is 1.47. The van der Waals surface area contributed by atoms with Crippen molar-refractivity contribution in [3.8, 4) is 0 Å². The number of fused-ring (bicyclic) bond motifs is 1. The number of aryl methyl sites for hydroxylation is 1. The third-order valence-corrected chi connectivity index (χ3v) is 4.40. The third-order valence-electron chi connectivity index (χ3n) is 4.00. The van der Waals surface area contributed by atoms with Gasteiger partial charge < -0.3 is 5.32 Å². The molecule has 2 aromatic rings. The largest absolute Gasteiger partial charge is 0.350 e. The molecule has 0 radical (unpaired) electrons. The number of carbonyl (C=O) groups is 1. The van der Waals surface area contributed by atoms with Crippen molar-refractivity contribution in [2.45, 2.75) is 24.6 Å². The van der Waals surface area contributed by atoms with E-state index in [-0.39, 0.29) is 11.3 Å². The van der Waals surface area contributed by atoms with Crippen molar-refractivity contribution in [1.82, 2.24) is 15.1 Å². The van der Waals surface area contributed by atoms with E-state index in [0.29, 0.717) is 18.2 Å². The zero-order valence-electron chi connectivity index (χ0n) is 11.5. The molecule has 4 nitrogen and oxygen atoms in total. The summed E-state index contributed by atoms with van der Waals surface area (Å²) in [5.74, 6) is 0.399. The van der Waals surface area contributed by atoms with Crippen LogP contribution in [0.1, 0.15) is 29.8 Å². The van der Waals surface area contributed by atoms with Gasteiger partial charge in [-0.3, -0.25) is 9.48 Å². The molecule has 106 valence electrons. The van der Waals surface area contributed by atoms with Gasteiger partial charge in [-0.25, -0.2) is 0 Å². The van der Waals surface area contributed by atoms with Gasteiger partial charge in [-0.15, -0.1) is 11.6 Å². The van der Waals surface area contributed by atoms with E-state index in [4.69, 9.17) is 11.6 Å². The summed E-state index contributed by atoms with van der Waals surface area (Å²) in [6.45, 7) is 0.687. The number of aromatic nitrogens is 2. The molecule has 1 fully saturated rings. The molecule has 5 heteroatoms. The Morgan fingerprint density at radius 1 is 1.45 bits per heavy atom. The van der Waals surface area contributed by atoms with Crippen LogP contribution in [0.15, 0.2) is 24.3 Å². The normalized spacial score (nSPS) is 22.3. The van der Waals surface area contributed by atoms with Crippen molar-refractivity contribution in [2.75, 3.05) is 6.54 Å². The molecule has 2 atom stereocenters. The van der Waals surface area contributed by atoms with Gasteiger partial charge in [0.1, 0.15) is 0 Å². The van der Waals surface area contributed by atoms with Crippen molar-refractivity contribution in [3.63, 3.8) is 0 Å². The van der Waals surface area contributed by atoms with E-state index in [0.717, 1.165) is 30.2 Å². The van der Waals surface area contributed by atoms with Gasteiger partial charge >= 0.3 is 0 Å². The van der Waals surface area contributed by atoms with Crippen LogP contribution >= 0.6 is 11.6 Å². The minimum atomic E-state index is -0.0974. The van der Waals surface area contributed by atoms with E-state index < -0.39 is 0 Å². The fourth-order valence-electron chi connectivity index (χ4n) is 2.90. The van der Waals surface area contributed by atoms with E-state index >= 15 is 0 Å². The number of halogens is 1. The Morgan fingerprint density at radius 2 is 2.25 bits per heavy atom. The first-order valence-electron chi connectivity index (χ1n) is 6.99. The van der Waals surface area contributed by atoms with Gasteiger partial charge in [-0.1, -0.05) is 18.2 Å². The molecule has 0 bridgehead atoms. The predicted octanol–water partition coefficient (Wildman–Crippen LogP) is 2.71. The van der Waals surface area contributed by atoms with Gasteiger partial charge in [-0.05, 0) is 31.2 Å². The lowest BCUT2D eigenvalue weighted by Gasteiger charge is -2.09. The number of hydrogen-bond donors (Lipinski definition) is 1. The molecule has 1 saturated carbocycles. The molecular formula is C15H18ClN3O. The van der Waals surface area contributed by atoms with Crippen molar-refractivity contribution in [2.24, 2.45) is 13.0 Å². The third kappa shape index (κ3) is 2.52. The maximum Gasteiger partial charge on any atom is 0.272 e. The standard InChI is InChI=1S/C15H18ClN3O/c1-19-13-5-3-2-4-12(13)14(18-19)15(20)17-9-10-6-7-11(16)8-10/h2-5,10-11H,6-9H2,1H3,(H,17,20). The number of hydrogen-bond acceptors (Lipinski definition) is 2. The van der Waals surface area contributed by atoms with Crippen molar-refractivity contribution in [1.29, 1.82) is 0 Å². The first-order valence-corrected chi connectivity index (χ1v) is 7.43. The number of alkyl halides is 1. The topological polar surface area (TPSA) is 46.9 Å². The lowest BCUT2D eigenvalue weighted by Crippen LogP contribution is -2.29. The highest BCUT2D eigenvalue weighted by molar-refractivity contribution is 6.20. The van der Waals surface area contributed by atoms with Crippen molar-refractivity contribution >= 4 is 28.4 Å². The minimum Gasteiger partial charge on any atom is -0.350 e. The minimum absolute atomic E-state index is 0.0974. The molecule has 1 amide bonds. The molecule has 1 aliphatic carbocycles. The smallest absolute Gasteiger partial charge is 0.272 e. The number of amides is 1. The second-order valence-corrected chi connectivity index (χ2v) is 6.09. The number of carbonyl (C=O) groups excluding carboxylic acids is 1. The Balaban J connectivity index is 1.73. The average Bonchev–Trinajstić information content (AvgIpc) is 3.01. The summed E-state index contributed by atoms with van der Waals surface area (Å²) in [4.78, 5) is 12.3. The molecule has 1 aliphatic rings. The monoisotopic (exact) mass is 291 g/mol. The van der Waals surface area contributed by atoms with E-state index in [1.165, 1.54) is 0 Å². The average molecular weight is 292 g/mol. The summed E-state index contributed by atoms with van der Waals surface area (Å²) in [7, 11) is 1.86. The van der Waals surface area contributed by atoms with Crippen molar-refractivity contribution in [3.05, 3.63) is 30.0 Å². The van der Waals surface area contributed by atoms with Gasteiger partial charge in [0.15, 0.2) is 5.69 Å². The fourth-order valence-corrected chi connectivity index (χ4v) is 3.28. The highest BCUT2D eigenvalue weighted by atomic mass is 35.5. The highest BCUT2D eigenvalue weighted by Gasteiger charge is 2.24. The van der Waals surface area contributed by atoms with Gasteiger partial charge in [-0.2, -0.15) is 5.10 Å². The lowest BCUT2D eigenvalue weighted by molar-refractivity contribution is 0.0943. The first kappa shape index (κ1) is 13.4. The quantitative estimate of drug-likeness (QED) is 0.884. The zero-order valence-corrected chi connectivity index (χ0v) is 12.2. The highest BCUT2D eigenvalue weighted by Crippen LogP contribution is 2.28. The van der Waals surface area contributed by atoms with Gasteiger partial charge in [0.05, 0.1) is 5.52 Å². The van der Waals surface area contributed by atoms with E-state index in [1.807, 2.05) is 31.3 Å². The Labute approximate surface area is 123 Å². The molecule has 0 saturated heterocycles. The molecule has 1 N–H and O–H groups in total. The summed E-state index contributed by atoms with van der Waals surface area (Å²) in [6.07, 6.45) is 3.14. The molecule has 0 aliphatic heterocycles. The van der Waals surface area contributed by atoms with Crippen LogP contribution in [0, 0.1) is 5.92 Å². The zero-order chi connectivity index (χ0) is 14.1. The van der Waals surface area contributed by atoms with Gasteiger partial charge in [0.25, 0.3) is 5.91 Å². The van der Waals surface area contributed by atoms with Crippen LogP contribution in [-0.4, -0.2) is 27.6 Å². The Bertz CT molecular complexity index is 637. The molecule has 0 spiro atoms. The molecule has 2 unspecified atom stereocenters. The Morgan fingerprint density at radius 3 is 3.00 bits per heavy atom. The lowest BCUT2D eigenvalue weighted by atomic mass is 10.1. The number of rotatable bonds is 3. The fraction of sp³-hybridized carbons (Fsp3) is 0.467. The van der Waals surface area contributed by atoms with Crippen LogP contribution in [0.3, 0.4) is 0 Å². The molecule has 1 heterocycles. The molecular weight excluding hydrogens is 274 g/mol. The van der Waals surface area contributed by atoms with Crippen LogP contribution in [-0.2, 0) is 7.05 Å². The number of para-hydroxylation sites is 1. The number of nitrogens with zero attached hydrogens (tertiary/aromatic N) is 2. The van der Waals surface area contributed by atoms with Crippen molar-refractivity contribution < 1.29 is 4.79 Å². The van der Waals surface area contributed by atoms with Crippen LogP contribution in [0.25, 0.3) is 10.9 Å². The van der Waals surface area contributed by atoms with Crippen LogP contribution in [0.4, 0.5) is 0 Å². The van der Waals surface area contributed by atoms with Crippen LogP contribution < -0.4 is 5.32 Å². The maximum absolute atomic E-state index is 12.3. The van der Waals surface area contributed by atoms with Gasteiger partial charge in [0.2, 0.25) is 0 Å². The Kier molecular flexibility index (Phi) is 3.66. The summed E-state index contributed by atoms with van der Waals surface area (Å²) < 4.78 is 1.74. The van der Waals surface area contributed by atoms with E-state index in [1.54, 1.807) is 4.68 Å². The van der Waals surface area contributed by atoms with Crippen LogP contribution in [0.2, 0.25) is 0 Å². The molecule has 1 aromatic heterocycles. The summed E-state index contributed by atoms with van der Waals surface area (Å²) in [6, 6.07) is 7.77. The predicted molar refractivity (Wildman–Crippen MR) is 80.0 cm³/mol. The summed E-state index contributed by atoms with van der Waals surface area (Å²) >= 11 is 6.09. The summed E-state index contributed by atoms with van der Waals surface area (Å²) in [5, 5.41) is 8.49. The molecule has 20 heavy (non-hydrogen) atoms. The second kappa shape index (κ2) is 5.44. The molecule has 1 aromatic carbocycles. The van der Waals surface area contributed by atoms with Crippen LogP contribution in [0.5, 0.6) is 0 Å². The Hall–Kier alpha value is -1.55. The first-order chi connectivity index (χ1) is 9.65. The van der Waals surface area contributed by atoms with E-state index in [9.17, 15) is 4.79 Å². The maximum atomic E-state index is 12.3. The number of benzene rings is 1. The van der Waals surface area contributed by atoms with Gasteiger partial charge in [0, 0.05) is 24.4 Å². The number of nitrogens with one attached hydrogen (secondary N) is 1. The second-order valence-electron chi connectivity index (χ2n) is 5.48. The van der Waals surface area contributed by atoms with E-state index in [2.05, 4.69) is 10.4 Å². The SMILES string of the molecule is Cn1nc(C(=O)NCC2CCC(Cl)C2)c2ccccc21. The molecule has 3 rings (SSSR count).